The highest BCUT2D eigenvalue weighted by molar-refractivity contribution is 5.84. The van der Waals surface area contributed by atoms with Crippen LogP contribution in [0.1, 0.15) is 143 Å². The van der Waals surface area contributed by atoms with Crippen molar-refractivity contribution in [3.63, 3.8) is 0 Å². The van der Waals surface area contributed by atoms with Gasteiger partial charge in [0.15, 0.2) is 0 Å². The molecular formula is C38H62N2O2. The van der Waals surface area contributed by atoms with E-state index >= 15 is 0 Å². The molecule has 8 saturated carbocycles. The second-order valence-electron chi connectivity index (χ2n) is 18.0. The first kappa shape index (κ1) is 29.6. The zero-order chi connectivity index (χ0) is 29.3. The van der Waals surface area contributed by atoms with Crippen molar-refractivity contribution in [2.75, 3.05) is 26.2 Å². The van der Waals surface area contributed by atoms with Gasteiger partial charge in [-0.3, -0.25) is 9.59 Å². The first-order valence-corrected chi connectivity index (χ1v) is 18.7. The van der Waals surface area contributed by atoms with Gasteiger partial charge in [-0.15, -0.1) is 0 Å². The van der Waals surface area contributed by atoms with Gasteiger partial charge in [0.2, 0.25) is 11.8 Å². The number of amides is 2. The zero-order valence-corrected chi connectivity index (χ0v) is 27.7. The lowest BCUT2D eigenvalue weighted by Gasteiger charge is -2.57. The quantitative estimate of drug-likeness (QED) is 0.328. The minimum absolute atomic E-state index is 0.0757. The van der Waals surface area contributed by atoms with Crippen LogP contribution in [0.15, 0.2) is 0 Å². The molecule has 10 aliphatic rings. The van der Waals surface area contributed by atoms with Gasteiger partial charge >= 0.3 is 0 Å². The van der Waals surface area contributed by atoms with Crippen molar-refractivity contribution in [2.45, 2.75) is 143 Å². The molecule has 0 aromatic heterocycles. The van der Waals surface area contributed by atoms with Crippen LogP contribution >= 0.6 is 0 Å². The molecule has 2 heterocycles. The van der Waals surface area contributed by atoms with Crippen molar-refractivity contribution in [3.05, 3.63) is 0 Å². The van der Waals surface area contributed by atoms with Gasteiger partial charge in [-0.2, -0.15) is 0 Å². The Hall–Kier alpha value is -1.06. The van der Waals surface area contributed by atoms with Gasteiger partial charge in [0.1, 0.15) is 0 Å². The van der Waals surface area contributed by atoms with Crippen LogP contribution in [0.3, 0.4) is 0 Å². The summed E-state index contributed by atoms with van der Waals surface area (Å²) in [6, 6.07) is 0. The molecule has 0 N–H and O–H groups in total. The lowest BCUT2D eigenvalue weighted by molar-refractivity contribution is -0.160. The standard InChI is InChI=1S/2C19H31NO/c1-3-18(2)4-6-20(7-5-18)17(21)19-11-14-8-15(12-19)10-16(9-14)13-19;1-3-18(4-2)5-6-20(13-18)17(21)19-10-14-7-15(11-19)9-16(8-14)12-19/h2*14-16H,3-13H2,1-2H3. The van der Waals surface area contributed by atoms with E-state index < -0.39 is 0 Å². The van der Waals surface area contributed by atoms with Crippen molar-refractivity contribution in [3.8, 4) is 0 Å². The van der Waals surface area contributed by atoms with Gasteiger partial charge < -0.3 is 9.80 Å². The predicted molar refractivity (Wildman–Crippen MR) is 170 cm³/mol. The molecule has 4 heteroatoms. The summed E-state index contributed by atoms with van der Waals surface area (Å²) in [5.41, 5.74) is 1.07. The van der Waals surface area contributed by atoms with Crippen LogP contribution in [0.5, 0.6) is 0 Å². The van der Waals surface area contributed by atoms with E-state index in [4.69, 9.17) is 0 Å². The minimum atomic E-state index is 0.0757. The van der Waals surface area contributed by atoms with E-state index in [9.17, 15) is 9.59 Å². The molecule has 4 nitrogen and oxygen atoms in total. The number of nitrogens with zero attached hydrogens (tertiary/aromatic N) is 2. The Morgan fingerprint density at radius 2 is 0.905 bits per heavy atom. The van der Waals surface area contributed by atoms with Crippen LogP contribution in [0.25, 0.3) is 0 Å². The Kier molecular flexibility index (Phi) is 7.61. The highest BCUT2D eigenvalue weighted by Gasteiger charge is 2.57. The van der Waals surface area contributed by atoms with Gasteiger partial charge in [-0.05, 0) is 155 Å². The van der Waals surface area contributed by atoms with E-state index in [0.717, 1.165) is 61.7 Å². The Morgan fingerprint density at radius 3 is 1.24 bits per heavy atom. The number of carbonyl (C=O) groups is 2. The fourth-order valence-electron chi connectivity index (χ4n) is 13.0. The summed E-state index contributed by atoms with van der Waals surface area (Å²) in [5.74, 6) is 6.40. The molecule has 0 unspecified atom stereocenters. The van der Waals surface area contributed by atoms with Gasteiger partial charge in [0.25, 0.3) is 0 Å². The molecule has 10 rings (SSSR count). The average molecular weight is 579 g/mol. The van der Waals surface area contributed by atoms with E-state index in [-0.39, 0.29) is 10.8 Å². The number of likely N-dealkylation sites (tertiary alicyclic amines) is 2. The number of hydrogen-bond acceptors (Lipinski definition) is 2. The van der Waals surface area contributed by atoms with E-state index in [1.807, 2.05) is 0 Å². The third-order valence-electron chi connectivity index (χ3n) is 15.3. The molecule has 8 aliphatic carbocycles. The van der Waals surface area contributed by atoms with E-state index in [1.165, 1.54) is 116 Å². The molecule has 236 valence electrons. The lowest BCUT2D eigenvalue weighted by Crippen LogP contribution is -2.56. The lowest BCUT2D eigenvalue weighted by atomic mass is 9.49. The first-order chi connectivity index (χ1) is 20.1. The molecular weight excluding hydrogens is 516 g/mol. The van der Waals surface area contributed by atoms with Gasteiger partial charge in [0.05, 0.1) is 10.8 Å². The maximum absolute atomic E-state index is 13.3. The molecule has 2 amide bonds. The molecule has 2 aliphatic heterocycles. The van der Waals surface area contributed by atoms with Crippen molar-refractivity contribution >= 4 is 11.8 Å². The fraction of sp³-hybridized carbons (Fsp3) is 0.947. The van der Waals surface area contributed by atoms with Crippen LogP contribution in [0.2, 0.25) is 0 Å². The second-order valence-corrected chi connectivity index (χ2v) is 18.0. The molecule has 0 atom stereocenters. The van der Waals surface area contributed by atoms with Gasteiger partial charge in [0, 0.05) is 26.2 Å². The molecule has 0 radical (unpaired) electrons. The minimum Gasteiger partial charge on any atom is -0.342 e. The van der Waals surface area contributed by atoms with Crippen molar-refractivity contribution in [2.24, 2.45) is 57.2 Å². The Morgan fingerprint density at radius 1 is 0.548 bits per heavy atom. The normalized spacial score (nSPS) is 43.8. The highest BCUT2D eigenvalue weighted by atomic mass is 16.2. The van der Waals surface area contributed by atoms with Crippen LogP contribution in [0.4, 0.5) is 0 Å². The zero-order valence-electron chi connectivity index (χ0n) is 27.7. The summed E-state index contributed by atoms with van der Waals surface area (Å²) in [5, 5.41) is 0. The number of rotatable bonds is 5. The third-order valence-corrected chi connectivity index (χ3v) is 15.3. The number of hydrogen-bond donors (Lipinski definition) is 0. The SMILES string of the molecule is CCC1(C)CCN(C(=O)C23CC4CC(CC(C4)C2)C3)CC1.CCC1(CC)CCN(C(=O)C23CC4CC(CC(C4)C2)C3)C1. The average Bonchev–Trinajstić information content (AvgIpc) is 3.41. The number of piperidine rings is 1. The van der Waals surface area contributed by atoms with E-state index in [2.05, 4.69) is 37.5 Å². The number of carbonyl (C=O) groups excluding carboxylic acids is 2. The Balaban J connectivity index is 0.000000137. The maximum Gasteiger partial charge on any atom is 0.228 e. The maximum atomic E-state index is 13.3. The van der Waals surface area contributed by atoms with Gasteiger partial charge in [-0.25, -0.2) is 0 Å². The predicted octanol–water partition coefficient (Wildman–Crippen LogP) is 8.48. The summed E-state index contributed by atoms with van der Waals surface area (Å²) in [6.07, 6.45) is 23.3. The van der Waals surface area contributed by atoms with Crippen LogP contribution in [0, 0.1) is 57.2 Å². The summed E-state index contributed by atoms with van der Waals surface area (Å²) in [4.78, 5) is 31.2. The van der Waals surface area contributed by atoms with Crippen molar-refractivity contribution < 1.29 is 9.59 Å². The van der Waals surface area contributed by atoms with Crippen molar-refractivity contribution in [1.29, 1.82) is 0 Å². The summed E-state index contributed by atoms with van der Waals surface area (Å²) >= 11 is 0. The molecule has 2 saturated heterocycles. The molecule has 10 fully saturated rings. The largest absolute Gasteiger partial charge is 0.342 e. The summed E-state index contributed by atoms with van der Waals surface area (Å²) in [6.45, 7) is 13.4. The smallest absolute Gasteiger partial charge is 0.228 e. The second kappa shape index (κ2) is 10.8. The molecule has 0 aromatic rings. The molecule has 42 heavy (non-hydrogen) atoms. The summed E-state index contributed by atoms with van der Waals surface area (Å²) < 4.78 is 0. The summed E-state index contributed by atoms with van der Waals surface area (Å²) in [7, 11) is 0. The molecule has 8 bridgehead atoms. The van der Waals surface area contributed by atoms with Crippen LogP contribution in [-0.4, -0.2) is 47.8 Å². The van der Waals surface area contributed by atoms with Crippen LogP contribution in [-0.2, 0) is 9.59 Å². The third kappa shape index (κ3) is 5.09. The monoisotopic (exact) mass is 578 g/mol. The van der Waals surface area contributed by atoms with Crippen molar-refractivity contribution in [1.82, 2.24) is 9.80 Å². The Labute approximate surface area is 257 Å². The fourth-order valence-corrected chi connectivity index (χ4v) is 13.0. The topological polar surface area (TPSA) is 40.6 Å². The van der Waals surface area contributed by atoms with E-state index in [1.54, 1.807) is 0 Å². The molecule has 0 spiro atoms. The van der Waals surface area contributed by atoms with E-state index in [0.29, 0.717) is 22.6 Å². The highest BCUT2D eigenvalue weighted by Crippen LogP contribution is 2.62. The first-order valence-electron chi connectivity index (χ1n) is 18.7. The van der Waals surface area contributed by atoms with Gasteiger partial charge in [-0.1, -0.05) is 34.1 Å². The Bertz CT molecular complexity index is 963. The molecule has 0 aromatic carbocycles. The van der Waals surface area contributed by atoms with Crippen LogP contribution < -0.4 is 0 Å².